The molecule has 0 unspecified atom stereocenters. The number of halogens is 3. The van der Waals surface area contributed by atoms with Crippen molar-refractivity contribution >= 4 is 27.8 Å². The van der Waals surface area contributed by atoms with Gasteiger partial charge in [-0.3, -0.25) is 4.79 Å². The second kappa shape index (κ2) is 8.01. The van der Waals surface area contributed by atoms with Gasteiger partial charge in [0, 0.05) is 10.9 Å². The van der Waals surface area contributed by atoms with Crippen LogP contribution in [-0.4, -0.2) is 23.0 Å². The quantitative estimate of drug-likeness (QED) is 0.786. The van der Waals surface area contributed by atoms with E-state index in [4.69, 9.17) is 0 Å². The van der Waals surface area contributed by atoms with Crippen molar-refractivity contribution in [2.75, 3.05) is 0 Å². The fraction of sp³-hybridized carbons (Fsp3) is 0.176. The SMILES string of the molecule is O=C(Cc1ccc(F)c(F)c1)N[C@@H](Cc1ccc(Br)cc1)C(=O)O. The summed E-state index contributed by atoms with van der Waals surface area (Å²) in [4.78, 5) is 23.3. The molecule has 0 spiro atoms. The second-order valence-corrected chi connectivity index (χ2v) is 6.13. The number of hydrogen-bond acceptors (Lipinski definition) is 2. The Morgan fingerprint density at radius 2 is 1.67 bits per heavy atom. The molecule has 0 bridgehead atoms. The molecule has 24 heavy (non-hydrogen) atoms. The van der Waals surface area contributed by atoms with E-state index in [2.05, 4.69) is 21.2 Å². The number of benzene rings is 2. The summed E-state index contributed by atoms with van der Waals surface area (Å²) in [6.07, 6.45) is -0.118. The summed E-state index contributed by atoms with van der Waals surface area (Å²) >= 11 is 3.29. The number of amides is 1. The van der Waals surface area contributed by atoms with Gasteiger partial charge in [-0.25, -0.2) is 13.6 Å². The predicted octanol–water partition coefficient (Wildman–Crippen LogP) is 3.08. The standard InChI is InChI=1S/C17H14BrF2NO3/c18-12-4-1-10(2-5-12)8-15(17(23)24)21-16(22)9-11-3-6-13(19)14(20)7-11/h1-7,15H,8-9H2,(H,21,22)(H,23,24)/t15-/m0/s1. The molecular weight excluding hydrogens is 384 g/mol. The lowest BCUT2D eigenvalue weighted by atomic mass is 10.1. The molecule has 0 aliphatic carbocycles. The number of hydrogen-bond donors (Lipinski definition) is 2. The lowest BCUT2D eigenvalue weighted by Crippen LogP contribution is -2.43. The Bertz CT molecular complexity index is 750. The molecule has 0 radical (unpaired) electrons. The molecule has 0 aliphatic rings. The number of rotatable bonds is 6. The molecule has 0 aliphatic heterocycles. The van der Waals surface area contributed by atoms with Gasteiger partial charge in [-0.1, -0.05) is 34.1 Å². The van der Waals surface area contributed by atoms with Crippen molar-refractivity contribution in [3.05, 3.63) is 69.7 Å². The maximum Gasteiger partial charge on any atom is 0.326 e. The van der Waals surface area contributed by atoms with Gasteiger partial charge in [-0.2, -0.15) is 0 Å². The van der Waals surface area contributed by atoms with E-state index in [9.17, 15) is 23.5 Å². The van der Waals surface area contributed by atoms with Crippen LogP contribution in [-0.2, 0) is 22.4 Å². The van der Waals surface area contributed by atoms with E-state index < -0.39 is 29.6 Å². The number of carbonyl (C=O) groups is 2. The van der Waals surface area contributed by atoms with E-state index in [1.54, 1.807) is 24.3 Å². The first-order chi connectivity index (χ1) is 11.3. The lowest BCUT2D eigenvalue weighted by Gasteiger charge is -2.15. The van der Waals surface area contributed by atoms with Crippen molar-refractivity contribution < 1.29 is 23.5 Å². The molecular formula is C17H14BrF2NO3. The van der Waals surface area contributed by atoms with Crippen molar-refractivity contribution in [1.82, 2.24) is 5.32 Å². The van der Waals surface area contributed by atoms with Crippen LogP contribution in [0.1, 0.15) is 11.1 Å². The lowest BCUT2D eigenvalue weighted by molar-refractivity contribution is -0.141. The zero-order valence-electron chi connectivity index (χ0n) is 12.4. The van der Waals surface area contributed by atoms with Crippen LogP contribution in [0.15, 0.2) is 46.9 Å². The van der Waals surface area contributed by atoms with E-state index in [0.29, 0.717) is 0 Å². The topological polar surface area (TPSA) is 66.4 Å². The second-order valence-electron chi connectivity index (χ2n) is 5.21. The minimum absolute atomic E-state index is 0.117. The summed E-state index contributed by atoms with van der Waals surface area (Å²) in [6.45, 7) is 0. The molecule has 2 N–H and O–H groups in total. The highest BCUT2D eigenvalue weighted by atomic mass is 79.9. The van der Waals surface area contributed by atoms with Gasteiger partial charge < -0.3 is 10.4 Å². The van der Waals surface area contributed by atoms with Gasteiger partial charge in [0.05, 0.1) is 6.42 Å². The van der Waals surface area contributed by atoms with Crippen LogP contribution in [0.3, 0.4) is 0 Å². The monoisotopic (exact) mass is 397 g/mol. The van der Waals surface area contributed by atoms with Gasteiger partial charge in [0.15, 0.2) is 11.6 Å². The van der Waals surface area contributed by atoms with E-state index in [-0.39, 0.29) is 18.4 Å². The zero-order valence-corrected chi connectivity index (χ0v) is 14.0. The highest BCUT2D eigenvalue weighted by Gasteiger charge is 2.20. The Morgan fingerprint density at radius 3 is 2.25 bits per heavy atom. The largest absolute Gasteiger partial charge is 0.480 e. The molecule has 0 heterocycles. The Morgan fingerprint density at radius 1 is 1.04 bits per heavy atom. The molecule has 2 aromatic carbocycles. The van der Waals surface area contributed by atoms with E-state index in [0.717, 1.165) is 22.2 Å². The number of carboxylic acid groups (broad SMARTS) is 1. The summed E-state index contributed by atoms with van der Waals surface area (Å²) in [5, 5.41) is 11.6. The fourth-order valence-corrected chi connectivity index (χ4v) is 2.40. The Balaban J connectivity index is 2.01. The van der Waals surface area contributed by atoms with Gasteiger partial charge in [0.1, 0.15) is 6.04 Å². The molecule has 7 heteroatoms. The van der Waals surface area contributed by atoms with Crippen molar-refractivity contribution in [2.45, 2.75) is 18.9 Å². The van der Waals surface area contributed by atoms with Crippen molar-refractivity contribution in [3.63, 3.8) is 0 Å². The minimum atomic E-state index is -1.17. The van der Waals surface area contributed by atoms with Crippen molar-refractivity contribution in [2.24, 2.45) is 0 Å². The van der Waals surface area contributed by atoms with Crippen LogP contribution < -0.4 is 5.32 Å². The highest BCUT2D eigenvalue weighted by Crippen LogP contribution is 2.13. The van der Waals surface area contributed by atoms with Crippen LogP contribution in [0.2, 0.25) is 0 Å². The molecule has 0 saturated carbocycles. The molecule has 1 atom stereocenters. The number of carbonyl (C=O) groups excluding carboxylic acids is 1. The highest BCUT2D eigenvalue weighted by molar-refractivity contribution is 9.10. The molecule has 126 valence electrons. The third-order valence-corrected chi connectivity index (χ3v) is 3.86. The third kappa shape index (κ3) is 5.13. The average molecular weight is 398 g/mol. The maximum absolute atomic E-state index is 13.1. The molecule has 0 fully saturated rings. The summed E-state index contributed by atoms with van der Waals surface area (Å²) in [6, 6.07) is 9.07. The minimum Gasteiger partial charge on any atom is -0.480 e. The van der Waals surface area contributed by atoms with Crippen LogP contribution in [0, 0.1) is 11.6 Å². The average Bonchev–Trinajstić information content (AvgIpc) is 2.52. The Kier molecular flexibility index (Phi) is 6.03. The molecule has 1 amide bonds. The van der Waals surface area contributed by atoms with Gasteiger partial charge in [0.25, 0.3) is 0 Å². The van der Waals surface area contributed by atoms with Crippen LogP contribution >= 0.6 is 15.9 Å². The number of carboxylic acids is 1. The third-order valence-electron chi connectivity index (χ3n) is 3.34. The summed E-state index contributed by atoms with van der Waals surface area (Å²) in [5.74, 6) is -3.80. The fourth-order valence-electron chi connectivity index (χ4n) is 2.14. The van der Waals surface area contributed by atoms with E-state index in [1.165, 1.54) is 6.07 Å². The van der Waals surface area contributed by atoms with Gasteiger partial charge in [-0.05, 0) is 35.4 Å². The molecule has 2 rings (SSSR count). The first-order valence-electron chi connectivity index (χ1n) is 7.05. The number of nitrogens with one attached hydrogen (secondary N) is 1. The zero-order chi connectivity index (χ0) is 17.7. The summed E-state index contributed by atoms with van der Waals surface area (Å²) in [7, 11) is 0. The summed E-state index contributed by atoms with van der Waals surface area (Å²) < 4.78 is 26.9. The normalized spacial score (nSPS) is 11.8. The molecule has 0 aromatic heterocycles. The first-order valence-corrected chi connectivity index (χ1v) is 7.85. The van der Waals surface area contributed by atoms with Gasteiger partial charge in [-0.15, -0.1) is 0 Å². The van der Waals surface area contributed by atoms with Crippen LogP contribution in [0.5, 0.6) is 0 Å². The Hall–Kier alpha value is -2.28. The number of aliphatic carboxylic acids is 1. The van der Waals surface area contributed by atoms with Crippen LogP contribution in [0.4, 0.5) is 8.78 Å². The molecule has 4 nitrogen and oxygen atoms in total. The molecule has 0 saturated heterocycles. The Labute approximate surface area is 145 Å². The molecule has 2 aromatic rings. The maximum atomic E-state index is 13.1. The van der Waals surface area contributed by atoms with Crippen LogP contribution in [0.25, 0.3) is 0 Å². The van der Waals surface area contributed by atoms with E-state index >= 15 is 0 Å². The van der Waals surface area contributed by atoms with Crippen molar-refractivity contribution in [1.29, 1.82) is 0 Å². The summed E-state index contributed by atoms with van der Waals surface area (Å²) in [5.41, 5.74) is 1.01. The smallest absolute Gasteiger partial charge is 0.326 e. The first kappa shape index (κ1) is 18.1. The van der Waals surface area contributed by atoms with E-state index in [1.807, 2.05) is 0 Å². The predicted molar refractivity (Wildman–Crippen MR) is 87.5 cm³/mol. The van der Waals surface area contributed by atoms with Gasteiger partial charge >= 0.3 is 5.97 Å². The van der Waals surface area contributed by atoms with Crippen molar-refractivity contribution in [3.8, 4) is 0 Å². The van der Waals surface area contributed by atoms with Gasteiger partial charge in [0.2, 0.25) is 5.91 Å².